The summed E-state index contributed by atoms with van der Waals surface area (Å²) in [6, 6.07) is -0.358. The molecule has 0 aromatic rings. The summed E-state index contributed by atoms with van der Waals surface area (Å²) in [5.41, 5.74) is 5.06. The molecule has 10 heavy (non-hydrogen) atoms. The largest absolute Gasteiger partial charge is 0.351 e. The zero-order chi connectivity index (χ0) is 7.98. The molecular formula is C7H15N2O. The van der Waals surface area contributed by atoms with Crippen LogP contribution in [-0.2, 0) is 0 Å². The predicted molar refractivity (Wildman–Crippen MR) is 41.2 cm³/mol. The highest BCUT2D eigenvalue weighted by Crippen LogP contribution is 1.97. The lowest BCUT2D eigenvalue weighted by molar-refractivity contribution is 0.218. The predicted octanol–water partition coefficient (Wildman–Crippen LogP) is 1.35. The quantitative estimate of drug-likeness (QED) is 0.634. The van der Waals surface area contributed by atoms with Gasteiger partial charge in [0.1, 0.15) is 0 Å². The van der Waals surface area contributed by atoms with Crippen LogP contribution < -0.4 is 5.73 Å². The van der Waals surface area contributed by atoms with Crippen molar-refractivity contribution in [2.24, 2.45) is 5.73 Å². The average molecular weight is 143 g/mol. The van der Waals surface area contributed by atoms with Gasteiger partial charge in [-0.2, -0.15) is 0 Å². The Labute approximate surface area is 62.2 Å². The van der Waals surface area contributed by atoms with Crippen molar-refractivity contribution in [3.05, 3.63) is 6.54 Å². The molecule has 0 saturated carbocycles. The topological polar surface area (TPSA) is 46.3 Å². The lowest BCUT2D eigenvalue weighted by Crippen LogP contribution is -2.33. The number of urea groups is 1. The molecule has 0 aliphatic carbocycles. The molecule has 0 atom stereocenters. The highest BCUT2D eigenvalue weighted by Gasteiger charge is 2.05. The fourth-order valence-corrected chi connectivity index (χ4v) is 0.753. The summed E-state index contributed by atoms with van der Waals surface area (Å²) in [4.78, 5) is 12.1. The molecule has 0 unspecified atom stereocenters. The molecule has 0 rings (SSSR count). The second-order valence-corrected chi connectivity index (χ2v) is 2.12. The molecule has 0 aliphatic rings. The molecule has 0 heterocycles. The third-order valence-corrected chi connectivity index (χ3v) is 1.15. The summed E-state index contributed by atoms with van der Waals surface area (Å²) in [5.74, 6) is 0. The molecule has 3 heteroatoms. The highest BCUT2D eigenvalue weighted by molar-refractivity contribution is 5.72. The van der Waals surface area contributed by atoms with Gasteiger partial charge in [-0.1, -0.05) is 13.8 Å². The molecule has 3 nitrogen and oxygen atoms in total. The molecule has 59 valence electrons. The van der Waals surface area contributed by atoms with Crippen LogP contribution in [0.5, 0.6) is 0 Å². The standard InChI is InChI=1S/C7H15N2O/c1-3-5-9(6-4-2)7(8)10/h5H,3-4,6H2,1-2H3,(H2,8,10). The summed E-state index contributed by atoms with van der Waals surface area (Å²) < 4.78 is 0. The van der Waals surface area contributed by atoms with Crippen LogP contribution in [0.2, 0.25) is 0 Å². The first-order valence-corrected chi connectivity index (χ1v) is 3.61. The van der Waals surface area contributed by atoms with Gasteiger partial charge in [0, 0.05) is 6.54 Å². The molecule has 0 aromatic carbocycles. The van der Waals surface area contributed by atoms with Crippen molar-refractivity contribution in [2.75, 3.05) is 6.54 Å². The molecule has 2 N–H and O–H groups in total. The van der Waals surface area contributed by atoms with E-state index >= 15 is 0 Å². The van der Waals surface area contributed by atoms with Crippen LogP contribution >= 0.6 is 0 Å². The Morgan fingerprint density at radius 1 is 1.60 bits per heavy atom. The molecular weight excluding hydrogens is 128 g/mol. The number of carbonyl (C=O) groups is 1. The van der Waals surface area contributed by atoms with E-state index in [9.17, 15) is 4.79 Å². The van der Waals surface area contributed by atoms with E-state index in [1.165, 1.54) is 0 Å². The van der Waals surface area contributed by atoms with Gasteiger partial charge in [0.15, 0.2) is 0 Å². The number of amides is 2. The summed E-state index contributed by atoms with van der Waals surface area (Å²) in [6.45, 7) is 6.53. The van der Waals surface area contributed by atoms with E-state index < -0.39 is 0 Å². The van der Waals surface area contributed by atoms with Gasteiger partial charge in [-0.25, -0.2) is 4.79 Å². The van der Waals surface area contributed by atoms with Crippen molar-refractivity contribution in [3.8, 4) is 0 Å². The maximum Gasteiger partial charge on any atom is 0.315 e. The second kappa shape index (κ2) is 5.09. The van der Waals surface area contributed by atoms with Crippen molar-refractivity contribution in [2.45, 2.75) is 26.7 Å². The number of nitrogens with zero attached hydrogens (tertiary/aromatic N) is 1. The molecule has 1 radical (unpaired) electrons. The Morgan fingerprint density at radius 2 is 2.20 bits per heavy atom. The number of carbonyl (C=O) groups excluding carboxylic acids is 1. The maximum atomic E-state index is 10.6. The minimum absolute atomic E-state index is 0.358. The third-order valence-electron chi connectivity index (χ3n) is 1.15. The lowest BCUT2D eigenvalue weighted by Gasteiger charge is -2.17. The Balaban J connectivity index is 3.61. The first-order chi connectivity index (χ1) is 4.72. The van der Waals surface area contributed by atoms with E-state index in [-0.39, 0.29) is 6.03 Å². The maximum absolute atomic E-state index is 10.6. The van der Waals surface area contributed by atoms with Gasteiger partial charge in [0.2, 0.25) is 0 Å². The number of primary amides is 1. The Kier molecular flexibility index (Phi) is 4.72. The molecule has 0 bridgehead atoms. The number of rotatable bonds is 4. The van der Waals surface area contributed by atoms with Crippen LogP contribution in [-0.4, -0.2) is 17.5 Å². The van der Waals surface area contributed by atoms with Gasteiger partial charge < -0.3 is 10.6 Å². The first-order valence-electron chi connectivity index (χ1n) is 3.61. The van der Waals surface area contributed by atoms with Crippen LogP contribution in [0.15, 0.2) is 0 Å². The molecule has 0 aromatic heterocycles. The fourth-order valence-electron chi connectivity index (χ4n) is 0.753. The van der Waals surface area contributed by atoms with E-state index in [1.807, 2.05) is 20.4 Å². The van der Waals surface area contributed by atoms with Gasteiger partial charge in [-0.15, -0.1) is 0 Å². The number of hydrogen-bond acceptors (Lipinski definition) is 1. The van der Waals surface area contributed by atoms with Crippen LogP contribution in [0, 0.1) is 6.54 Å². The second-order valence-electron chi connectivity index (χ2n) is 2.12. The Bertz CT molecular complexity index is 97.8. The zero-order valence-corrected chi connectivity index (χ0v) is 6.63. The normalized spacial score (nSPS) is 9.40. The van der Waals surface area contributed by atoms with E-state index in [0.29, 0.717) is 0 Å². The van der Waals surface area contributed by atoms with Crippen molar-refractivity contribution in [1.82, 2.24) is 4.90 Å². The first kappa shape index (κ1) is 9.27. The number of hydrogen-bond donors (Lipinski definition) is 1. The Hall–Kier alpha value is -0.730. The zero-order valence-electron chi connectivity index (χ0n) is 6.63. The van der Waals surface area contributed by atoms with Crippen LogP contribution in [0.3, 0.4) is 0 Å². The lowest BCUT2D eigenvalue weighted by atomic mass is 10.4. The van der Waals surface area contributed by atoms with Crippen LogP contribution in [0.1, 0.15) is 26.7 Å². The third kappa shape index (κ3) is 3.33. The minimum Gasteiger partial charge on any atom is -0.351 e. The van der Waals surface area contributed by atoms with E-state index in [1.54, 1.807) is 4.90 Å². The van der Waals surface area contributed by atoms with E-state index in [0.717, 1.165) is 19.4 Å². The summed E-state index contributed by atoms with van der Waals surface area (Å²) in [5, 5.41) is 0. The molecule has 2 amide bonds. The smallest absolute Gasteiger partial charge is 0.315 e. The van der Waals surface area contributed by atoms with Gasteiger partial charge in [0.25, 0.3) is 0 Å². The van der Waals surface area contributed by atoms with Crippen molar-refractivity contribution in [1.29, 1.82) is 0 Å². The SMILES string of the molecule is CC[CH]N(CCC)C(N)=O. The summed E-state index contributed by atoms with van der Waals surface area (Å²) in [6.07, 6.45) is 1.79. The average Bonchev–Trinajstić information content (AvgIpc) is 1.87. The number of nitrogens with two attached hydrogens (primary N) is 1. The molecule has 0 fully saturated rings. The Morgan fingerprint density at radius 3 is 2.50 bits per heavy atom. The molecule has 0 saturated heterocycles. The molecule has 0 spiro atoms. The van der Waals surface area contributed by atoms with Crippen molar-refractivity contribution >= 4 is 6.03 Å². The minimum atomic E-state index is -0.358. The van der Waals surface area contributed by atoms with Gasteiger partial charge in [-0.05, 0) is 12.8 Å². The monoisotopic (exact) mass is 143 g/mol. The van der Waals surface area contributed by atoms with Crippen molar-refractivity contribution < 1.29 is 4.79 Å². The summed E-state index contributed by atoms with van der Waals surface area (Å²) in [7, 11) is 0. The fraction of sp³-hybridized carbons (Fsp3) is 0.714. The van der Waals surface area contributed by atoms with Crippen LogP contribution in [0.25, 0.3) is 0 Å². The van der Waals surface area contributed by atoms with Gasteiger partial charge in [0.05, 0.1) is 6.54 Å². The highest BCUT2D eigenvalue weighted by atomic mass is 16.2. The van der Waals surface area contributed by atoms with Gasteiger partial charge >= 0.3 is 6.03 Å². The van der Waals surface area contributed by atoms with Gasteiger partial charge in [-0.3, -0.25) is 0 Å². The summed E-state index contributed by atoms with van der Waals surface area (Å²) >= 11 is 0. The van der Waals surface area contributed by atoms with Crippen molar-refractivity contribution in [3.63, 3.8) is 0 Å². The van der Waals surface area contributed by atoms with E-state index in [2.05, 4.69) is 0 Å². The molecule has 0 aliphatic heterocycles. The van der Waals surface area contributed by atoms with Crippen LogP contribution in [0.4, 0.5) is 4.79 Å². The van der Waals surface area contributed by atoms with E-state index in [4.69, 9.17) is 5.73 Å².